The lowest BCUT2D eigenvalue weighted by Crippen LogP contribution is -2.44. The molecule has 0 aliphatic carbocycles. The van der Waals surface area contributed by atoms with E-state index in [-0.39, 0.29) is 0 Å². The van der Waals surface area contributed by atoms with Crippen LogP contribution in [0.25, 0.3) is 16.6 Å². The molecule has 3 rings (SSSR count). The summed E-state index contributed by atoms with van der Waals surface area (Å²) in [5.41, 5.74) is 3.97. The molecule has 8 heteroatoms. The van der Waals surface area contributed by atoms with Crippen molar-refractivity contribution >= 4 is 33.9 Å². The van der Waals surface area contributed by atoms with E-state index in [1.54, 1.807) is 11.6 Å². The Morgan fingerprint density at radius 2 is 2.19 bits per heavy atom. The Bertz CT molecular complexity index is 940. The summed E-state index contributed by atoms with van der Waals surface area (Å²) in [4.78, 5) is 2.11. The number of thiocarbonyl (C=S) groups is 1. The molecule has 0 fully saturated rings. The first-order chi connectivity index (χ1) is 13.0. The predicted molar refractivity (Wildman–Crippen MR) is 111 cm³/mol. The molecule has 0 aliphatic rings. The Balaban J connectivity index is 1.97. The molecule has 0 spiro atoms. The van der Waals surface area contributed by atoms with Gasteiger partial charge in [-0.25, -0.2) is 0 Å². The summed E-state index contributed by atoms with van der Waals surface area (Å²) in [6, 6.07) is 8.74. The van der Waals surface area contributed by atoms with E-state index in [0.29, 0.717) is 25.7 Å². The minimum atomic E-state index is 0.316. The number of nitrogens with one attached hydrogen (secondary N) is 1. The number of hydrogen-bond donors (Lipinski definition) is 1. The van der Waals surface area contributed by atoms with Crippen LogP contribution in [0.4, 0.5) is 0 Å². The summed E-state index contributed by atoms with van der Waals surface area (Å²) >= 11 is 5.65. The number of benzene rings is 1. The maximum Gasteiger partial charge on any atom is 0.184 e. The van der Waals surface area contributed by atoms with Gasteiger partial charge in [-0.2, -0.15) is 4.52 Å². The number of ether oxygens (including phenoxy) is 1. The standard InChI is InChI=1S/C19H26N6OS/c1-5-14(3)20-19(27)24(8-9-26-4)12-16-11-15-10-13(2)6-7-17(15)25-18(16)21-22-23-25/h6-7,10-11,14H,5,8-9,12H2,1-4H3,(H,20,27). The van der Waals surface area contributed by atoms with Gasteiger partial charge in [-0.05, 0) is 61.1 Å². The van der Waals surface area contributed by atoms with Crippen LogP contribution in [0.2, 0.25) is 0 Å². The van der Waals surface area contributed by atoms with Crippen molar-refractivity contribution in [3.63, 3.8) is 0 Å². The SMILES string of the molecule is CCC(C)NC(=S)N(CCOC)Cc1cc2cc(C)ccc2n2nnnc12. The van der Waals surface area contributed by atoms with Crippen molar-refractivity contribution in [1.29, 1.82) is 0 Å². The highest BCUT2D eigenvalue weighted by Crippen LogP contribution is 2.21. The first-order valence-electron chi connectivity index (χ1n) is 9.18. The fourth-order valence-corrected chi connectivity index (χ4v) is 3.32. The molecule has 0 bridgehead atoms. The molecule has 27 heavy (non-hydrogen) atoms. The van der Waals surface area contributed by atoms with Gasteiger partial charge in [0.25, 0.3) is 0 Å². The second-order valence-electron chi connectivity index (χ2n) is 6.82. The summed E-state index contributed by atoms with van der Waals surface area (Å²) in [7, 11) is 1.70. The van der Waals surface area contributed by atoms with Gasteiger partial charge in [0.05, 0.1) is 12.1 Å². The Labute approximate surface area is 164 Å². The molecular formula is C19H26N6OS. The first-order valence-corrected chi connectivity index (χ1v) is 9.59. The molecular weight excluding hydrogens is 360 g/mol. The number of methoxy groups -OCH3 is 1. The predicted octanol–water partition coefficient (Wildman–Crippen LogP) is 2.71. The van der Waals surface area contributed by atoms with Gasteiger partial charge in [0.1, 0.15) is 0 Å². The number of tetrazole rings is 1. The van der Waals surface area contributed by atoms with Crippen molar-refractivity contribution < 1.29 is 4.74 Å². The summed E-state index contributed by atoms with van der Waals surface area (Å²) < 4.78 is 7.07. The number of rotatable bonds is 7. The van der Waals surface area contributed by atoms with Gasteiger partial charge < -0.3 is 15.0 Å². The average molecular weight is 387 g/mol. The van der Waals surface area contributed by atoms with E-state index in [4.69, 9.17) is 17.0 Å². The summed E-state index contributed by atoms with van der Waals surface area (Å²) in [6.45, 7) is 8.24. The normalized spacial score (nSPS) is 12.4. The lowest BCUT2D eigenvalue weighted by Gasteiger charge is -2.28. The molecule has 0 amide bonds. The number of fused-ring (bicyclic) bond motifs is 3. The molecule has 2 heterocycles. The molecule has 0 saturated heterocycles. The number of aromatic nitrogens is 4. The molecule has 7 nitrogen and oxygen atoms in total. The van der Waals surface area contributed by atoms with Gasteiger partial charge in [0.2, 0.25) is 0 Å². The van der Waals surface area contributed by atoms with Gasteiger partial charge in [-0.3, -0.25) is 0 Å². The molecule has 3 aromatic rings. The molecule has 0 radical (unpaired) electrons. The molecule has 0 saturated carbocycles. The van der Waals surface area contributed by atoms with Gasteiger partial charge in [-0.15, -0.1) is 5.10 Å². The minimum Gasteiger partial charge on any atom is -0.383 e. The smallest absolute Gasteiger partial charge is 0.184 e. The maximum absolute atomic E-state index is 5.65. The fraction of sp³-hybridized carbons (Fsp3) is 0.474. The molecule has 144 valence electrons. The van der Waals surface area contributed by atoms with Crippen molar-refractivity contribution in [3.8, 4) is 0 Å². The van der Waals surface area contributed by atoms with Crippen LogP contribution in [0.3, 0.4) is 0 Å². The Morgan fingerprint density at radius 3 is 2.93 bits per heavy atom. The number of aryl methyl sites for hydroxylation is 1. The van der Waals surface area contributed by atoms with Crippen LogP contribution < -0.4 is 5.32 Å². The van der Waals surface area contributed by atoms with Crippen LogP contribution in [-0.2, 0) is 11.3 Å². The van der Waals surface area contributed by atoms with E-state index < -0.39 is 0 Å². The lowest BCUT2D eigenvalue weighted by atomic mass is 10.1. The van der Waals surface area contributed by atoms with Gasteiger partial charge in [-0.1, -0.05) is 18.6 Å². The quantitative estimate of drug-likeness (QED) is 0.626. The van der Waals surface area contributed by atoms with Crippen molar-refractivity contribution in [2.24, 2.45) is 0 Å². The number of pyridine rings is 1. The highest BCUT2D eigenvalue weighted by Gasteiger charge is 2.16. The summed E-state index contributed by atoms with van der Waals surface area (Å²) in [5.74, 6) is 0. The highest BCUT2D eigenvalue weighted by molar-refractivity contribution is 7.80. The third-order valence-electron chi connectivity index (χ3n) is 4.69. The molecule has 1 atom stereocenters. The zero-order valence-electron chi connectivity index (χ0n) is 16.3. The van der Waals surface area contributed by atoms with Crippen LogP contribution in [-0.4, -0.2) is 56.4 Å². The topological polar surface area (TPSA) is 67.6 Å². The van der Waals surface area contributed by atoms with E-state index in [1.807, 2.05) is 0 Å². The highest BCUT2D eigenvalue weighted by atomic mass is 32.1. The fourth-order valence-electron chi connectivity index (χ4n) is 2.96. The lowest BCUT2D eigenvalue weighted by molar-refractivity contribution is 0.173. The van der Waals surface area contributed by atoms with Crippen LogP contribution in [0, 0.1) is 6.92 Å². The van der Waals surface area contributed by atoms with E-state index in [1.165, 1.54) is 5.56 Å². The minimum absolute atomic E-state index is 0.316. The zero-order valence-corrected chi connectivity index (χ0v) is 17.1. The second-order valence-corrected chi connectivity index (χ2v) is 7.21. The van der Waals surface area contributed by atoms with Crippen molar-refractivity contribution in [3.05, 3.63) is 35.4 Å². The second kappa shape index (κ2) is 8.58. The third kappa shape index (κ3) is 4.33. The Morgan fingerprint density at radius 1 is 1.37 bits per heavy atom. The van der Waals surface area contributed by atoms with Crippen molar-refractivity contribution in [2.75, 3.05) is 20.3 Å². The monoisotopic (exact) mass is 386 g/mol. The summed E-state index contributed by atoms with van der Waals surface area (Å²) in [5, 5.41) is 17.5. The largest absolute Gasteiger partial charge is 0.383 e. The molecule has 1 unspecified atom stereocenters. The van der Waals surface area contributed by atoms with E-state index in [2.05, 4.69) is 70.8 Å². The van der Waals surface area contributed by atoms with Crippen LogP contribution >= 0.6 is 12.2 Å². The van der Waals surface area contributed by atoms with E-state index in [0.717, 1.165) is 33.6 Å². The van der Waals surface area contributed by atoms with Crippen LogP contribution in [0.15, 0.2) is 24.3 Å². The molecule has 2 aromatic heterocycles. The Kier molecular flexibility index (Phi) is 6.18. The van der Waals surface area contributed by atoms with Gasteiger partial charge in [0, 0.05) is 37.2 Å². The first kappa shape index (κ1) is 19.4. The van der Waals surface area contributed by atoms with Crippen molar-refractivity contribution in [2.45, 2.75) is 39.8 Å². The van der Waals surface area contributed by atoms with Gasteiger partial charge in [0.15, 0.2) is 10.8 Å². The van der Waals surface area contributed by atoms with Crippen LogP contribution in [0.1, 0.15) is 31.4 Å². The molecule has 1 aromatic carbocycles. The summed E-state index contributed by atoms with van der Waals surface area (Å²) in [6.07, 6.45) is 1.01. The average Bonchev–Trinajstić information content (AvgIpc) is 3.14. The molecule has 1 N–H and O–H groups in total. The molecule has 0 aliphatic heterocycles. The van der Waals surface area contributed by atoms with E-state index >= 15 is 0 Å². The van der Waals surface area contributed by atoms with Crippen LogP contribution in [0.5, 0.6) is 0 Å². The third-order valence-corrected chi connectivity index (χ3v) is 5.07. The van der Waals surface area contributed by atoms with Crippen molar-refractivity contribution in [1.82, 2.24) is 30.3 Å². The maximum atomic E-state index is 5.65. The number of hydrogen-bond acceptors (Lipinski definition) is 5. The van der Waals surface area contributed by atoms with Gasteiger partial charge >= 0.3 is 0 Å². The number of nitrogens with zero attached hydrogens (tertiary/aromatic N) is 5. The van der Waals surface area contributed by atoms with E-state index in [9.17, 15) is 0 Å². The Hall–Kier alpha value is -2.32. The zero-order chi connectivity index (χ0) is 19.4.